The first kappa shape index (κ1) is 15.1. The van der Waals surface area contributed by atoms with E-state index in [1.54, 1.807) is 0 Å². The molecule has 0 radical (unpaired) electrons. The summed E-state index contributed by atoms with van der Waals surface area (Å²) in [6.45, 7) is 4.59. The van der Waals surface area contributed by atoms with E-state index in [2.05, 4.69) is 68.3 Å². The minimum absolute atomic E-state index is 0.00211. The highest BCUT2D eigenvalue weighted by Gasteiger charge is 2.50. The Kier molecular flexibility index (Phi) is 3.96. The molecule has 1 aliphatic heterocycles. The third-order valence-electron chi connectivity index (χ3n) is 5.43. The van der Waals surface area contributed by atoms with Gasteiger partial charge in [-0.15, -0.1) is 0 Å². The Labute approximate surface area is 133 Å². The topological polar surface area (TPSA) is 23.5 Å². The van der Waals surface area contributed by atoms with Gasteiger partial charge in [0.2, 0.25) is 0 Å². The van der Waals surface area contributed by atoms with Crippen molar-refractivity contribution in [3.8, 4) is 5.75 Å². The van der Waals surface area contributed by atoms with Gasteiger partial charge in [0.15, 0.2) is 0 Å². The summed E-state index contributed by atoms with van der Waals surface area (Å²) < 4.78 is 0. The van der Waals surface area contributed by atoms with E-state index in [4.69, 9.17) is 0 Å². The number of hydrogen-bond acceptors (Lipinski definition) is 2. The van der Waals surface area contributed by atoms with E-state index in [1.165, 1.54) is 11.1 Å². The van der Waals surface area contributed by atoms with Crippen molar-refractivity contribution >= 4 is 0 Å². The fraction of sp³-hybridized carbons (Fsp3) is 0.400. The van der Waals surface area contributed by atoms with Gasteiger partial charge in [-0.25, -0.2) is 0 Å². The lowest BCUT2D eigenvalue weighted by Crippen LogP contribution is -2.42. The van der Waals surface area contributed by atoms with Crippen LogP contribution in [0.4, 0.5) is 0 Å². The molecule has 2 heteroatoms. The molecule has 0 aromatic heterocycles. The molecule has 2 aromatic carbocycles. The van der Waals surface area contributed by atoms with Crippen LogP contribution in [-0.4, -0.2) is 29.1 Å². The lowest BCUT2D eigenvalue weighted by Gasteiger charge is -2.38. The van der Waals surface area contributed by atoms with Gasteiger partial charge in [-0.1, -0.05) is 49.4 Å². The third kappa shape index (κ3) is 2.22. The van der Waals surface area contributed by atoms with Crippen LogP contribution in [0.25, 0.3) is 0 Å². The minimum atomic E-state index is -0.00211. The summed E-state index contributed by atoms with van der Waals surface area (Å²) >= 11 is 0. The molecule has 1 N–H and O–H groups in total. The molecule has 1 aliphatic rings. The molecular weight excluding hydrogens is 270 g/mol. The average molecular weight is 295 g/mol. The number of aromatic hydroxyl groups is 1. The van der Waals surface area contributed by atoms with Crippen LogP contribution in [0.2, 0.25) is 0 Å². The third-order valence-corrected chi connectivity index (χ3v) is 5.43. The number of phenolic OH excluding ortho intramolecular Hbond substituents is 1. The monoisotopic (exact) mass is 295 g/mol. The standard InChI is InChI=1S/C20H25NO/c1-4-19-20(14-15(2)21(19)3,16-8-6-5-7-9-16)17-10-12-18(22)13-11-17/h5-13,15,19,22H,4,14H2,1-3H3. The summed E-state index contributed by atoms with van der Waals surface area (Å²) in [6, 6.07) is 19.7. The number of hydrogen-bond donors (Lipinski definition) is 1. The van der Waals surface area contributed by atoms with E-state index in [0.717, 1.165) is 12.8 Å². The summed E-state index contributed by atoms with van der Waals surface area (Å²) in [4.78, 5) is 2.51. The predicted molar refractivity (Wildman–Crippen MR) is 91.2 cm³/mol. The van der Waals surface area contributed by atoms with Crippen LogP contribution >= 0.6 is 0 Å². The number of rotatable bonds is 3. The minimum Gasteiger partial charge on any atom is -0.508 e. The molecule has 2 aromatic rings. The van der Waals surface area contributed by atoms with Gasteiger partial charge in [-0.05, 0) is 50.1 Å². The van der Waals surface area contributed by atoms with E-state index in [-0.39, 0.29) is 5.41 Å². The lowest BCUT2D eigenvalue weighted by atomic mass is 9.68. The van der Waals surface area contributed by atoms with Crippen molar-refractivity contribution in [1.29, 1.82) is 0 Å². The lowest BCUT2D eigenvalue weighted by molar-refractivity contribution is 0.224. The number of likely N-dealkylation sites (tertiary alicyclic amines) is 1. The summed E-state index contributed by atoms with van der Waals surface area (Å²) in [5.41, 5.74) is 2.68. The second-order valence-corrected chi connectivity index (χ2v) is 6.53. The van der Waals surface area contributed by atoms with Crippen LogP contribution in [0.1, 0.15) is 37.8 Å². The molecular formula is C20H25NO. The maximum absolute atomic E-state index is 9.67. The van der Waals surface area contributed by atoms with E-state index in [9.17, 15) is 5.11 Å². The highest BCUT2D eigenvalue weighted by atomic mass is 16.3. The zero-order valence-electron chi connectivity index (χ0n) is 13.7. The first-order valence-corrected chi connectivity index (χ1v) is 8.16. The Morgan fingerprint density at radius 1 is 1.05 bits per heavy atom. The van der Waals surface area contributed by atoms with Gasteiger partial charge in [0, 0.05) is 17.5 Å². The summed E-state index contributed by atoms with van der Waals surface area (Å²) in [5, 5.41) is 9.67. The van der Waals surface area contributed by atoms with Crippen LogP contribution in [0.3, 0.4) is 0 Å². The maximum Gasteiger partial charge on any atom is 0.115 e. The molecule has 0 amide bonds. The van der Waals surface area contributed by atoms with Crippen molar-refractivity contribution < 1.29 is 5.11 Å². The van der Waals surface area contributed by atoms with Gasteiger partial charge in [0.05, 0.1) is 0 Å². The summed E-state index contributed by atoms with van der Waals surface area (Å²) in [6.07, 6.45) is 2.22. The average Bonchev–Trinajstić information content (AvgIpc) is 2.81. The number of phenols is 1. The van der Waals surface area contributed by atoms with Crippen LogP contribution in [0, 0.1) is 0 Å². The highest BCUT2D eigenvalue weighted by Crippen LogP contribution is 2.48. The Bertz CT molecular complexity index is 622. The molecule has 0 aliphatic carbocycles. The Hall–Kier alpha value is -1.80. The zero-order valence-corrected chi connectivity index (χ0v) is 13.7. The molecule has 1 saturated heterocycles. The molecule has 2 nitrogen and oxygen atoms in total. The van der Waals surface area contributed by atoms with Gasteiger partial charge in [0.25, 0.3) is 0 Å². The number of benzene rings is 2. The summed E-state index contributed by atoms with van der Waals surface area (Å²) in [7, 11) is 2.24. The van der Waals surface area contributed by atoms with Crippen molar-refractivity contribution in [2.45, 2.75) is 44.2 Å². The van der Waals surface area contributed by atoms with Gasteiger partial charge in [-0.2, -0.15) is 0 Å². The predicted octanol–water partition coefficient (Wildman–Crippen LogP) is 4.18. The fourth-order valence-electron chi connectivity index (χ4n) is 4.32. The molecule has 1 heterocycles. The molecule has 3 unspecified atom stereocenters. The van der Waals surface area contributed by atoms with Crippen LogP contribution < -0.4 is 0 Å². The Morgan fingerprint density at radius 2 is 1.64 bits per heavy atom. The SMILES string of the molecule is CCC1N(C)C(C)CC1(c1ccccc1)c1ccc(O)cc1. The smallest absolute Gasteiger partial charge is 0.115 e. The summed E-state index contributed by atoms with van der Waals surface area (Å²) in [5.74, 6) is 0.333. The molecule has 1 fully saturated rings. The van der Waals surface area contributed by atoms with Crippen molar-refractivity contribution in [1.82, 2.24) is 4.90 Å². The van der Waals surface area contributed by atoms with Crippen molar-refractivity contribution in [3.05, 3.63) is 65.7 Å². The van der Waals surface area contributed by atoms with Crippen molar-refractivity contribution in [3.63, 3.8) is 0 Å². The van der Waals surface area contributed by atoms with Crippen LogP contribution in [-0.2, 0) is 5.41 Å². The van der Waals surface area contributed by atoms with Crippen molar-refractivity contribution in [2.24, 2.45) is 0 Å². The largest absolute Gasteiger partial charge is 0.508 e. The maximum atomic E-state index is 9.67. The quantitative estimate of drug-likeness (QED) is 0.918. The van der Waals surface area contributed by atoms with E-state index < -0.39 is 0 Å². The van der Waals surface area contributed by atoms with Gasteiger partial charge >= 0.3 is 0 Å². The van der Waals surface area contributed by atoms with Gasteiger partial charge < -0.3 is 5.11 Å². The van der Waals surface area contributed by atoms with Gasteiger partial charge in [0.1, 0.15) is 5.75 Å². The normalized spacial score (nSPS) is 28.9. The fourth-order valence-corrected chi connectivity index (χ4v) is 4.32. The van der Waals surface area contributed by atoms with Gasteiger partial charge in [-0.3, -0.25) is 4.90 Å². The molecule has 3 rings (SSSR count). The zero-order chi connectivity index (χ0) is 15.7. The van der Waals surface area contributed by atoms with Crippen molar-refractivity contribution in [2.75, 3.05) is 7.05 Å². The van der Waals surface area contributed by atoms with Crippen LogP contribution in [0.5, 0.6) is 5.75 Å². The Balaban J connectivity index is 2.21. The highest BCUT2D eigenvalue weighted by molar-refractivity contribution is 5.45. The molecule has 22 heavy (non-hydrogen) atoms. The first-order valence-electron chi connectivity index (χ1n) is 8.16. The molecule has 3 atom stereocenters. The van der Waals surface area contributed by atoms with E-state index in [1.807, 2.05) is 12.1 Å². The second kappa shape index (κ2) is 5.77. The number of likely N-dealkylation sites (N-methyl/N-ethyl adjacent to an activating group) is 1. The number of nitrogens with zero attached hydrogens (tertiary/aromatic N) is 1. The molecule has 116 valence electrons. The molecule has 0 saturated carbocycles. The Morgan fingerprint density at radius 3 is 2.23 bits per heavy atom. The first-order chi connectivity index (χ1) is 10.6. The van der Waals surface area contributed by atoms with E-state index in [0.29, 0.717) is 17.8 Å². The van der Waals surface area contributed by atoms with Crippen LogP contribution in [0.15, 0.2) is 54.6 Å². The second-order valence-electron chi connectivity index (χ2n) is 6.53. The molecule has 0 bridgehead atoms. The molecule has 0 spiro atoms. The van der Waals surface area contributed by atoms with E-state index >= 15 is 0 Å².